The summed E-state index contributed by atoms with van der Waals surface area (Å²) in [5, 5.41) is 21.4. The molecule has 264 valence electrons. The van der Waals surface area contributed by atoms with E-state index in [4.69, 9.17) is 39.2 Å². The average molecular weight is 688 g/mol. The van der Waals surface area contributed by atoms with Crippen LogP contribution in [0, 0.1) is 0 Å². The molecule has 4 heterocycles. The molecule has 1 atom stereocenters. The van der Waals surface area contributed by atoms with Crippen LogP contribution in [0.15, 0.2) is 24.5 Å². The van der Waals surface area contributed by atoms with Gasteiger partial charge in [0.25, 0.3) is 0 Å². The Morgan fingerprint density at radius 1 is 0.848 bits per heavy atom. The van der Waals surface area contributed by atoms with Crippen LogP contribution in [-0.4, -0.2) is 124 Å². The van der Waals surface area contributed by atoms with E-state index in [2.05, 4.69) is 20.9 Å². The second-order valence-corrected chi connectivity index (χ2v) is 10.3. The van der Waals surface area contributed by atoms with E-state index < -0.39 is 36.4 Å². The molecule has 1 aromatic rings. The number of hydrogen-bond acceptors (Lipinski definition) is 8. The number of carbonyl (C=O) groups is 3. The molecule has 1 unspecified atom stereocenters. The summed E-state index contributed by atoms with van der Waals surface area (Å²) < 4.78 is 108. The number of carboxylic acid groups (broad SMARTS) is 3. The van der Waals surface area contributed by atoms with Gasteiger partial charge in [-0.15, -0.1) is 0 Å². The summed E-state index contributed by atoms with van der Waals surface area (Å²) in [5.41, 5.74) is 1.37. The van der Waals surface area contributed by atoms with Crippen LogP contribution in [0.4, 0.5) is 39.5 Å². The fourth-order valence-corrected chi connectivity index (χ4v) is 4.48. The van der Waals surface area contributed by atoms with Crippen molar-refractivity contribution >= 4 is 17.9 Å². The Morgan fingerprint density at radius 2 is 1.33 bits per heavy atom. The predicted octanol–water partition coefficient (Wildman–Crippen LogP) is 4.22. The molecule has 3 aliphatic heterocycles. The minimum absolute atomic E-state index is 0.0732. The lowest BCUT2D eigenvalue weighted by Crippen LogP contribution is -2.44. The molecule has 1 aromatic heterocycles. The summed E-state index contributed by atoms with van der Waals surface area (Å²) in [6, 6.07) is 4.18. The number of alkyl halides is 9. The van der Waals surface area contributed by atoms with Crippen LogP contribution in [0.25, 0.3) is 0 Å². The third kappa shape index (κ3) is 16.4. The number of halogens is 9. The van der Waals surface area contributed by atoms with E-state index in [1.807, 2.05) is 18.5 Å². The second-order valence-electron chi connectivity index (χ2n) is 10.3. The molecule has 0 radical (unpaired) electrons. The van der Waals surface area contributed by atoms with Crippen LogP contribution in [0.3, 0.4) is 0 Å². The van der Waals surface area contributed by atoms with Crippen molar-refractivity contribution in [3.63, 3.8) is 0 Å². The zero-order valence-corrected chi connectivity index (χ0v) is 24.2. The quantitative estimate of drug-likeness (QED) is 0.369. The van der Waals surface area contributed by atoms with Gasteiger partial charge in [0, 0.05) is 45.0 Å². The van der Waals surface area contributed by atoms with Crippen molar-refractivity contribution in [3.8, 4) is 0 Å². The summed E-state index contributed by atoms with van der Waals surface area (Å²) >= 11 is 0. The van der Waals surface area contributed by atoms with E-state index in [0.29, 0.717) is 6.10 Å². The first-order chi connectivity index (χ1) is 21.1. The Hall–Kier alpha value is -3.23. The first kappa shape index (κ1) is 40.8. The molecule has 11 nitrogen and oxygen atoms in total. The van der Waals surface area contributed by atoms with Crippen LogP contribution in [-0.2, 0) is 30.4 Å². The van der Waals surface area contributed by atoms with Gasteiger partial charge < -0.3 is 29.7 Å². The number of rotatable bonds is 6. The normalized spacial score (nSPS) is 20.0. The number of piperidine rings is 1. The van der Waals surface area contributed by atoms with Crippen LogP contribution in [0.1, 0.15) is 37.7 Å². The monoisotopic (exact) mass is 687 g/mol. The molecule has 0 aromatic carbocycles. The van der Waals surface area contributed by atoms with Gasteiger partial charge in [-0.1, -0.05) is 6.07 Å². The Bertz CT molecular complexity index is 1020. The van der Waals surface area contributed by atoms with Gasteiger partial charge in [-0.3, -0.25) is 9.88 Å². The molecule has 20 heteroatoms. The maximum Gasteiger partial charge on any atom is 0.490 e. The topological polar surface area (TPSA) is 150 Å². The third-order valence-corrected chi connectivity index (χ3v) is 6.76. The molecule has 0 aliphatic carbocycles. The lowest BCUT2D eigenvalue weighted by molar-refractivity contribution is -0.193. The van der Waals surface area contributed by atoms with E-state index >= 15 is 0 Å². The van der Waals surface area contributed by atoms with Gasteiger partial charge in [0.2, 0.25) is 0 Å². The molecule has 0 bridgehead atoms. The van der Waals surface area contributed by atoms with E-state index in [1.165, 1.54) is 31.5 Å². The first-order valence-corrected chi connectivity index (χ1v) is 13.6. The molecule has 3 N–H and O–H groups in total. The average Bonchev–Trinajstić information content (AvgIpc) is 3.61. The summed E-state index contributed by atoms with van der Waals surface area (Å²) in [4.78, 5) is 35.9. The number of hydrogen-bond donors (Lipinski definition) is 3. The van der Waals surface area contributed by atoms with Crippen LogP contribution >= 0.6 is 0 Å². The zero-order valence-electron chi connectivity index (χ0n) is 24.2. The largest absolute Gasteiger partial charge is 0.490 e. The number of pyridine rings is 1. The van der Waals surface area contributed by atoms with E-state index in [1.54, 1.807) is 0 Å². The van der Waals surface area contributed by atoms with Crippen LogP contribution < -0.4 is 0 Å². The molecule has 46 heavy (non-hydrogen) atoms. The highest BCUT2D eigenvalue weighted by molar-refractivity contribution is 5.73. The van der Waals surface area contributed by atoms with Crippen molar-refractivity contribution in [3.05, 3.63) is 30.1 Å². The van der Waals surface area contributed by atoms with E-state index in [9.17, 15) is 39.5 Å². The fraction of sp³-hybridized carbons (Fsp3) is 0.692. The molecular formula is C26H34F9N3O8. The number of carboxylic acids is 3. The summed E-state index contributed by atoms with van der Waals surface area (Å²) in [6.07, 6.45) is -5.11. The molecule has 0 saturated carbocycles. The van der Waals surface area contributed by atoms with Gasteiger partial charge in [-0.05, 0) is 50.4 Å². The van der Waals surface area contributed by atoms with Crippen molar-refractivity contribution in [1.82, 2.24) is 14.8 Å². The van der Waals surface area contributed by atoms with Crippen molar-refractivity contribution < 1.29 is 78.7 Å². The Kier molecular flexibility index (Phi) is 16.1. The van der Waals surface area contributed by atoms with Crippen LogP contribution in [0.2, 0.25) is 0 Å². The Balaban J connectivity index is 0.000000413. The van der Waals surface area contributed by atoms with Gasteiger partial charge in [0.1, 0.15) is 0 Å². The number of ether oxygens (including phenoxy) is 2. The highest BCUT2D eigenvalue weighted by atomic mass is 19.4. The van der Waals surface area contributed by atoms with Gasteiger partial charge >= 0.3 is 36.4 Å². The van der Waals surface area contributed by atoms with Crippen molar-refractivity contribution in [2.24, 2.45) is 0 Å². The number of likely N-dealkylation sites (tertiary alicyclic amines) is 2. The Labute approximate surface area is 256 Å². The maximum atomic E-state index is 10.6. The number of aliphatic carboxylic acids is 3. The van der Waals surface area contributed by atoms with E-state index in [-0.39, 0.29) is 5.60 Å². The van der Waals surface area contributed by atoms with Gasteiger partial charge in [0.15, 0.2) is 0 Å². The molecule has 0 amide bonds. The van der Waals surface area contributed by atoms with E-state index in [0.717, 1.165) is 58.7 Å². The summed E-state index contributed by atoms with van der Waals surface area (Å²) in [6.45, 7) is 8.44. The second kappa shape index (κ2) is 18.2. The molecule has 1 spiro atoms. The predicted molar refractivity (Wildman–Crippen MR) is 139 cm³/mol. The minimum Gasteiger partial charge on any atom is -0.475 e. The van der Waals surface area contributed by atoms with Crippen molar-refractivity contribution in [1.29, 1.82) is 0 Å². The lowest BCUT2D eigenvalue weighted by Gasteiger charge is -2.38. The molecular weight excluding hydrogens is 653 g/mol. The highest BCUT2D eigenvalue weighted by Crippen LogP contribution is 2.37. The number of nitrogens with zero attached hydrogens (tertiary/aromatic N) is 3. The lowest BCUT2D eigenvalue weighted by atomic mass is 9.88. The summed E-state index contributed by atoms with van der Waals surface area (Å²) in [5.74, 6) is -8.27. The summed E-state index contributed by atoms with van der Waals surface area (Å²) in [7, 11) is 0. The molecule has 4 rings (SSSR count). The smallest absolute Gasteiger partial charge is 0.475 e. The van der Waals surface area contributed by atoms with Crippen molar-refractivity contribution in [2.75, 3.05) is 45.9 Å². The molecule has 3 fully saturated rings. The zero-order chi connectivity index (χ0) is 35.2. The number of aromatic nitrogens is 1. The Morgan fingerprint density at radius 3 is 1.74 bits per heavy atom. The van der Waals surface area contributed by atoms with Gasteiger partial charge in [-0.25, -0.2) is 14.4 Å². The standard InChI is InChI=1S/C20H31N3O2.3C2HF3O2/c1-2-9-22(8-1)12-13-24-19-14-20(25-17-19)5-10-23(11-6-20)16-18-4-3-7-21-15-18;3*3-2(4,5)1(6)7/h3-4,7,15,19H,1-2,5-6,8-14,16-17H2;3*(H,6,7). The minimum atomic E-state index is -5.08. The van der Waals surface area contributed by atoms with Crippen LogP contribution in [0.5, 0.6) is 0 Å². The highest BCUT2D eigenvalue weighted by Gasteiger charge is 2.43. The van der Waals surface area contributed by atoms with Gasteiger partial charge in [-0.2, -0.15) is 39.5 Å². The fourth-order valence-electron chi connectivity index (χ4n) is 4.48. The first-order valence-electron chi connectivity index (χ1n) is 13.6. The van der Waals surface area contributed by atoms with Gasteiger partial charge in [0.05, 0.1) is 24.9 Å². The SMILES string of the molecule is O=C(O)C(F)(F)F.O=C(O)C(F)(F)F.O=C(O)C(F)(F)F.c1cncc(CN2CCC3(CC2)CC(OCCN2CCCC2)CO3)c1. The molecule has 3 aliphatic rings. The van der Waals surface area contributed by atoms with Crippen molar-refractivity contribution in [2.45, 2.75) is 68.9 Å². The third-order valence-electron chi connectivity index (χ3n) is 6.76. The maximum absolute atomic E-state index is 10.6. The molecule has 3 saturated heterocycles.